The molecule has 1 atom stereocenters. The third kappa shape index (κ3) is 4.43. The number of hydrogen-bond acceptors (Lipinski definition) is 4. The zero-order valence-corrected chi connectivity index (χ0v) is 12.5. The number of pyridine rings is 1. The van der Waals surface area contributed by atoms with Crippen LogP contribution in [0.1, 0.15) is 30.6 Å². The SMILES string of the molecule is Cc1cccc(NC(=O)CCNC(C)c2ccsc2)n1. The predicted molar refractivity (Wildman–Crippen MR) is 83.0 cm³/mol. The molecule has 0 saturated carbocycles. The van der Waals surface area contributed by atoms with Gasteiger partial charge in [0.25, 0.3) is 0 Å². The van der Waals surface area contributed by atoms with E-state index >= 15 is 0 Å². The fraction of sp³-hybridized carbons (Fsp3) is 0.333. The lowest BCUT2D eigenvalue weighted by atomic mass is 10.2. The van der Waals surface area contributed by atoms with E-state index in [0.29, 0.717) is 18.8 Å². The van der Waals surface area contributed by atoms with Crippen molar-refractivity contribution in [2.75, 3.05) is 11.9 Å². The van der Waals surface area contributed by atoms with Gasteiger partial charge in [0.2, 0.25) is 5.91 Å². The van der Waals surface area contributed by atoms with Gasteiger partial charge in [-0.2, -0.15) is 11.3 Å². The molecule has 2 N–H and O–H groups in total. The molecule has 2 heterocycles. The molecule has 1 unspecified atom stereocenters. The van der Waals surface area contributed by atoms with E-state index in [-0.39, 0.29) is 11.9 Å². The molecule has 20 heavy (non-hydrogen) atoms. The molecule has 0 aliphatic carbocycles. The molecule has 0 bridgehead atoms. The fourth-order valence-electron chi connectivity index (χ4n) is 1.86. The maximum Gasteiger partial charge on any atom is 0.226 e. The van der Waals surface area contributed by atoms with Crippen molar-refractivity contribution in [3.63, 3.8) is 0 Å². The van der Waals surface area contributed by atoms with Gasteiger partial charge in [0.15, 0.2) is 0 Å². The Bertz CT molecular complexity index is 554. The van der Waals surface area contributed by atoms with Crippen LogP contribution in [0.25, 0.3) is 0 Å². The number of nitrogens with one attached hydrogen (secondary N) is 2. The average Bonchev–Trinajstić information content (AvgIpc) is 2.92. The number of aromatic nitrogens is 1. The summed E-state index contributed by atoms with van der Waals surface area (Å²) in [5.74, 6) is 0.592. The Hall–Kier alpha value is -1.72. The minimum Gasteiger partial charge on any atom is -0.311 e. The first-order valence-corrected chi connectivity index (χ1v) is 7.58. The number of carbonyl (C=O) groups is 1. The average molecular weight is 289 g/mol. The summed E-state index contributed by atoms with van der Waals surface area (Å²) in [5.41, 5.74) is 2.16. The van der Waals surface area contributed by atoms with Crippen LogP contribution in [0.2, 0.25) is 0 Å². The number of aryl methyl sites for hydroxylation is 1. The summed E-state index contributed by atoms with van der Waals surface area (Å²) in [4.78, 5) is 16.0. The summed E-state index contributed by atoms with van der Waals surface area (Å²) in [5, 5.41) is 10.3. The van der Waals surface area contributed by atoms with E-state index in [0.717, 1.165) is 5.69 Å². The first-order valence-electron chi connectivity index (χ1n) is 6.64. The molecule has 2 aromatic rings. The molecular formula is C15H19N3OS. The van der Waals surface area contributed by atoms with E-state index in [1.807, 2.05) is 19.1 Å². The van der Waals surface area contributed by atoms with Gasteiger partial charge < -0.3 is 10.6 Å². The van der Waals surface area contributed by atoms with Crippen molar-refractivity contribution in [1.82, 2.24) is 10.3 Å². The Labute approximate surface area is 123 Å². The third-order valence-corrected chi connectivity index (χ3v) is 3.70. The molecule has 4 nitrogen and oxygen atoms in total. The van der Waals surface area contributed by atoms with Crippen LogP contribution in [-0.2, 0) is 4.79 Å². The summed E-state index contributed by atoms with van der Waals surface area (Å²) in [6.45, 7) is 4.65. The number of amides is 1. The lowest BCUT2D eigenvalue weighted by Gasteiger charge is -2.12. The summed E-state index contributed by atoms with van der Waals surface area (Å²) >= 11 is 1.68. The second kappa shape index (κ2) is 7.17. The maximum absolute atomic E-state index is 11.8. The van der Waals surface area contributed by atoms with Gasteiger partial charge in [0, 0.05) is 24.7 Å². The standard InChI is InChI=1S/C15H19N3OS/c1-11-4-3-5-14(17-11)18-15(19)6-8-16-12(2)13-7-9-20-10-13/h3-5,7,9-10,12,16H,6,8H2,1-2H3,(H,17,18,19). The molecule has 0 radical (unpaired) electrons. The highest BCUT2D eigenvalue weighted by Gasteiger charge is 2.07. The minimum absolute atomic E-state index is 0.0203. The van der Waals surface area contributed by atoms with Gasteiger partial charge in [-0.05, 0) is 48.4 Å². The van der Waals surface area contributed by atoms with Crippen molar-refractivity contribution in [3.8, 4) is 0 Å². The topological polar surface area (TPSA) is 54.0 Å². The summed E-state index contributed by atoms with van der Waals surface area (Å²) in [6.07, 6.45) is 0.435. The van der Waals surface area contributed by atoms with Crippen LogP contribution >= 0.6 is 11.3 Å². The fourth-order valence-corrected chi connectivity index (χ4v) is 2.61. The van der Waals surface area contributed by atoms with Gasteiger partial charge in [0.05, 0.1) is 0 Å². The van der Waals surface area contributed by atoms with Gasteiger partial charge >= 0.3 is 0 Å². The van der Waals surface area contributed by atoms with Crippen molar-refractivity contribution in [2.24, 2.45) is 0 Å². The quantitative estimate of drug-likeness (QED) is 0.859. The molecule has 2 rings (SSSR count). The van der Waals surface area contributed by atoms with Gasteiger partial charge in [-0.1, -0.05) is 6.07 Å². The molecule has 1 amide bonds. The van der Waals surface area contributed by atoms with Crippen LogP contribution in [0.5, 0.6) is 0 Å². The number of carbonyl (C=O) groups excluding carboxylic acids is 1. The highest BCUT2D eigenvalue weighted by atomic mass is 32.1. The monoisotopic (exact) mass is 289 g/mol. The van der Waals surface area contributed by atoms with E-state index in [9.17, 15) is 4.79 Å². The van der Waals surface area contributed by atoms with Crippen molar-refractivity contribution in [2.45, 2.75) is 26.3 Å². The zero-order valence-electron chi connectivity index (χ0n) is 11.7. The summed E-state index contributed by atoms with van der Waals surface area (Å²) in [7, 11) is 0. The molecule has 5 heteroatoms. The molecule has 0 saturated heterocycles. The van der Waals surface area contributed by atoms with Crippen LogP contribution in [0.3, 0.4) is 0 Å². The van der Waals surface area contributed by atoms with Gasteiger partial charge in [0.1, 0.15) is 5.82 Å². The van der Waals surface area contributed by atoms with Gasteiger partial charge in [-0.15, -0.1) is 0 Å². The molecule has 0 aromatic carbocycles. The maximum atomic E-state index is 11.8. The molecule has 0 aliphatic rings. The Kier molecular flexibility index (Phi) is 5.26. The van der Waals surface area contributed by atoms with E-state index in [1.54, 1.807) is 17.4 Å². The smallest absolute Gasteiger partial charge is 0.226 e. The normalized spacial score (nSPS) is 12.1. The van der Waals surface area contributed by atoms with Crippen molar-refractivity contribution < 1.29 is 4.79 Å². The Morgan fingerprint density at radius 2 is 2.25 bits per heavy atom. The first-order chi connectivity index (χ1) is 9.65. The molecule has 106 valence electrons. The van der Waals surface area contributed by atoms with Crippen LogP contribution in [0, 0.1) is 6.92 Å². The second-order valence-corrected chi connectivity index (χ2v) is 5.47. The number of hydrogen-bond donors (Lipinski definition) is 2. The predicted octanol–water partition coefficient (Wildman–Crippen LogP) is 3.13. The number of anilines is 1. The summed E-state index contributed by atoms with van der Waals surface area (Å²) < 4.78 is 0. The number of rotatable bonds is 6. The second-order valence-electron chi connectivity index (χ2n) is 4.69. The Morgan fingerprint density at radius 1 is 1.40 bits per heavy atom. The highest BCUT2D eigenvalue weighted by Crippen LogP contribution is 2.15. The molecule has 0 spiro atoms. The lowest BCUT2D eigenvalue weighted by molar-refractivity contribution is -0.116. The number of nitrogens with zero attached hydrogens (tertiary/aromatic N) is 1. The third-order valence-electron chi connectivity index (χ3n) is 3.00. The van der Waals surface area contributed by atoms with Crippen LogP contribution in [-0.4, -0.2) is 17.4 Å². The van der Waals surface area contributed by atoms with Crippen molar-refractivity contribution in [3.05, 3.63) is 46.3 Å². The Morgan fingerprint density at radius 3 is 2.95 bits per heavy atom. The van der Waals surface area contributed by atoms with E-state index in [2.05, 4.69) is 39.4 Å². The lowest BCUT2D eigenvalue weighted by Crippen LogP contribution is -2.24. The molecule has 0 fully saturated rings. The Balaban J connectivity index is 1.73. The first kappa shape index (κ1) is 14.7. The molecule has 0 aliphatic heterocycles. The van der Waals surface area contributed by atoms with Crippen molar-refractivity contribution in [1.29, 1.82) is 0 Å². The largest absolute Gasteiger partial charge is 0.311 e. The van der Waals surface area contributed by atoms with Gasteiger partial charge in [-0.25, -0.2) is 4.98 Å². The van der Waals surface area contributed by atoms with Gasteiger partial charge in [-0.3, -0.25) is 4.79 Å². The molecular weight excluding hydrogens is 270 g/mol. The van der Waals surface area contributed by atoms with Crippen LogP contribution < -0.4 is 10.6 Å². The van der Waals surface area contributed by atoms with E-state index in [4.69, 9.17) is 0 Å². The highest BCUT2D eigenvalue weighted by molar-refractivity contribution is 7.07. The summed E-state index contributed by atoms with van der Waals surface area (Å²) in [6, 6.07) is 7.95. The molecule has 2 aromatic heterocycles. The van der Waals surface area contributed by atoms with Crippen LogP contribution in [0.4, 0.5) is 5.82 Å². The van der Waals surface area contributed by atoms with E-state index in [1.165, 1.54) is 5.56 Å². The number of thiophene rings is 1. The van der Waals surface area contributed by atoms with Crippen molar-refractivity contribution >= 4 is 23.1 Å². The van der Waals surface area contributed by atoms with E-state index < -0.39 is 0 Å². The minimum atomic E-state index is -0.0203. The van der Waals surface area contributed by atoms with Crippen LogP contribution in [0.15, 0.2) is 35.0 Å². The zero-order chi connectivity index (χ0) is 14.4.